The van der Waals surface area contributed by atoms with E-state index in [0.717, 1.165) is 63.2 Å². The number of anilines is 4. The number of methoxy groups -OCH3 is 3. The van der Waals surface area contributed by atoms with Gasteiger partial charge in [0.05, 0.1) is 44.2 Å². The van der Waals surface area contributed by atoms with Crippen LogP contribution in [0.3, 0.4) is 0 Å². The van der Waals surface area contributed by atoms with E-state index in [2.05, 4.69) is 62.0 Å². The normalized spacial score (nSPS) is 19.7. The Hall–Kier alpha value is -6.02. The summed E-state index contributed by atoms with van der Waals surface area (Å²) >= 11 is 0. The van der Waals surface area contributed by atoms with Gasteiger partial charge in [0.25, 0.3) is 17.7 Å². The number of carbonyl (C=O) groups is 3. The van der Waals surface area contributed by atoms with Crippen LogP contribution in [0.5, 0.6) is 17.2 Å². The van der Waals surface area contributed by atoms with Crippen LogP contribution in [-0.4, -0.2) is 100 Å². The fraction of sp³-hybridized carbons (Fsp3) is 0.395. The maximum absolute atomic E-state index is 13.6. The summed E-state index contributed by atoms with van der Waals surface area (Å²) in [5.74, 6) is 1.06. The first kappa shape index (κ1) is 39.2. The first-order chi connectivity index (χ1) is 27.5. The molecule has 3 saturated heterocycles. The van der Waals surface area contributed by atoms with Crippen LogP contribution in [0.4, 0.5) is 22.9 Å². The molecule has 3 aliphatic rings. The molecular weight excluding hydrogens is 725 g/mol. The van der Waals surface area contributed by atoms with Crippen molar-refractivity contribution in [3.63, 3.8) is 0 Å². The summed E-state index contributed by atoms with van der Waals surface area (Å²) in [4.78, 5) is 51.1. The Labute approximate surface area is 333 Å². The van der Waals surface area contributed by atoms with E-state index in [1.54, 1.807) is 36.5 Å². The zero-order chi connectivity index (χ0) is 40.2. The van der Waals surface area contributed by atoms with Gasteiger partial charge in [-0.1, -0.05) is 12.1 Å². The van der Waals surface area contributed by atoms with Crippen molar-refractivity contribution in [2.75, 3.05) is 69.7 Å². The van der Waals surface area contributed by atoms with E-state index < -0.39 is 5.91 Å². The molecule has 0 radical (unpaired) electrons. The molecule has 2 bridgehead atoms. The van der Waals surface area contributed by atoms with Gasteiger partial charge in [0.15, 0.2) is 11.5 Å². The lowest BCUT2D eigenvalue weighted by Gasteiger charge is -2.40. The number of amides is 3. The molecule has 3 fully saturated rings. The second-order valence-corrected chi connectivity index (χ2v) is 15.1. The van der Waals surface area contributed by atoms with E-state index in [1.165, 1.54) is 27.0 Å². The first-order valence-corrected chi connectivity index (χ1v) is 19.5. The summed E-state index contributed by atoms with van der Waals surface area (Å²) in [7, 11) is 6.70. The van der Waals surface area contributed by atoms with Crippen molar-refractivity contribution in [1.29, 1.82) is 0 Å². The van der Waals surface area contributed by atoms with Crippen LogP contribution in [0.25, 0.3) is 0 Å². The van der Waals surface area contributed by atoms with Crippen LogP contribution in [-0.2, 0) is 0 Å². The van der Waals surface area contributed by atoms with Crippen molar-refractivity contribution in [3.8, 4) is 17.2 Å². The van der Waals surface area contributed by atoms with E-state index in [1.807, 2.05) is 19.1 Å². The molecule has 3 aromatic carbocycles. The smallest absolute Gasteiger partial charge is 0.253 e. The Morgan fingerprint density at radius 1 is 0.807 bits per heavy atom. The summed E-state index contributed by atoms with van der Waals surface area (Å²) < 4.78 is 16.4. The van der Waals surface area contributed by atoms with Crippen LogP contribution in [0.1, 0.15) is 75.3 Å². The molecule has 4 heterocycles. The van der Waals surface area contributed by atoms with Gasteiger partial charge in [0.2, 0.25) is 5.75 Å². The average Bonchev–Trinajstić information content (AvgIpc) is 3.49. The maximum Gasteiger partial charge on any atom is 0.253 e. The monoisotopic (exact) mass is 776 g/mol. The van der Waals surface area contributed by atoms with E-state index in [0.29, 0.717) is 39.8 Å². The minimum absolute atomic E-state index is 0.0456. The number of piperidine rings is 1. The minimum atomic E-state index is -0.639. The number of hydrogen-bond acceptors (Lipinski definition) is 11. The number of carbonyl (C=O) groups excluding carboxylic acids is 3. The number of pyridine rings is 1. The molecule has 0 aliphatic carbocycles. The van der Waals surface area contributed by atoms with Crippen molar-refractivity contribution in [2.45, 2.75) is 56.8 Å². The number of primary amides is 1. The maximum atomic E-state index is 13.6. The summed E-state index contributed by atoms with van der Waals surface area (Å²) in [6.07, 6.45) is 5.14. The van der Waals surface area contributed by atoms with E-state index in [9.17, 15) is 14.4 Å². The lowest BCUT2D eigenvalue weighted by molar-refractivity contribution is 0.0922. The average molecular weight is 777 g/mol. The van der Waals surface area contributed by atoms with E-state index in [4.69, 9.17) is 24.9 Å². The number of ether oxygens (including phenoxy) is 3. The predicted molar refractivity (Wildman–Crippen MR) is 220 cm³/mol. The molecule has 0 spiro atoms. The van der Waals surface area contributed by atoms with Gasteiger partial charge in [0, 0.05) is 79.6 Å². The number of fused-ring (bicyclic) bond motifs is 2. The minimum Gasteiger partial charge on any atom is -0.493 e. The molecule has 5 N–H and O–H groups in total. The van der Waals surface area contributed by atoms with Gasteiger partial charge in [-0.05, 0) is 87.7 Å². The van der Waals surface area contributed by atoms with Gasteiger partial charge < -0.3 is 50.6 Å². The SMILES string of the molecule is COc1cc(Nc2cc(C(=O)NC3C[C@H]4CC[C@@H](C3)N4c3ccc(C(=O)N[C@@H](C)c4ccc(N5CCN(C)CC5)cc4)cn3)ccc2C(N)=O)cc(OC)c1OC. The fourth-order valence-corrected chi connectivity index (χ4v) is 8.33. The molecule has 14 nitrogen and oxygen atoms in total. The van der Waals surface area contributed by atoms with Crippen molar-refractivity contribution in [2.24, 2.45) is 5.73 Å². The van der Waals surface area contributed by atoms with E-state index >= 15 is 0 Å². The number of nitrogens with one attached hydrogen (secondary N) is 3. The number of likely N-dealkylation sites (N-methyl/N-ethyl adjacent to an activating group) is 1. The van der Waals surface area contributed by atoms with E-state index in [-0.39, 0.29) is 41.5 Å². The first-order valence-electron chi connectivity index (χ1n) is 19.5. The fourth-order valence-electron chi connectivity index (χ4n) is 8.33. The standard InChI is InChI=1S/C43H52N8O6/c1-26(27-6-10-32(11-7-27)50-18-16-49(2)17-19-50)46-43(54)29-9-15-39(45-25-29)51-33-12-13-34(51)22-30(21-33)48-42(53)28-8-14-35(41(44)52)36(20-28)47-31-23-37(55-3)40(57-5)38(24-31)56-4/h6-11,14-15,20,23-26,30,33-34,47H,12-13,16-19,21-22H2,1-5H3,(H2,44,52)(H,46,54)(H,48,53)/t26-,30?,33-,34+/m0/s1. The number of benzene rings is 3. The highest BCUT2D eigenvalue weighted by molar-refractivity contribution is 6.03. The zero-order valence-electron chi connectivity index (χ0n) is 33.2. The van der Waals surface area contributed by atoms with Gasteiger partial charge in [-0.3, -0.25) is 14.4 Å². The number of piperazine rings is 1. The molecule has 300 valence electrons. The third kappa shape index (κ3) is 8.55. The Morgan fingerprint density at radius 2 is 1.46 bits per heavy atom. The Morgan fingerprint density at radius 3 is 2.04 bits per heavy atom. The molecule has 3 amide bonds. The van der Waals surface area contributed by atoms with Crippen molar-refractivity contribution in [3.05, 3.63) is 95.2 Å². The number of nitrogens with zero attached hydrogens (tertiary/aromatic N) is 4. The zero-order valence-corrected chi connectivity index (χ0v) is 33.2. The molecule has 1 unspecified atom stereocenters. The van der Waals surface area contributed by atoms with Crippen molar-refractivity contribution in [1.82, 2.24) is 20.5 Å². The van der Waals surface area contributed by atoms with Crippen molar-refractivity contribution >= 4 is 40.6 Å². The second-order valence-electron chi connectivity index (χ2n) is 15.1. The quantitative estimate of drug-likeness (QED) is 0.143. The molecule has 3 aliphatic heterocycles. The topological polar surface area (TPSA) is 164 Å². The molecular formula is C43H52N8O6. The molecule has 4 aromatic rings. The van der Waals surface area contributed by atoms with Crippen LogP contribution < -0.4 is 45.7 Å². The number of aromatic nitrogens is 1. The highest BCUT2D eigenvalue weighted by Gasteiger charge is 2.42. The van der Waals surface area contributed by atoms with Gasteiger partial charge in [-0.25, -0.2) is 4.98 Å². The lowest BCUT2D eigenvalue weighted by Crippen LogP contribution is -2.50. The van der Waals surface area contributed by atoms with Crippen molar-refractivity contribution < 1.29 is 28.6 Å². The third-order valence-electron chi connectivity index (χ3n) is 11.4. The van der Waals surface area contributed by atoms with Crippen LogP contribution in [0.2, 0.25) is 0 Å². The number of nitrogens with two attached hydrogens (primary N) is 1. The molecule has 1 aromatic heterocycles. The molecule has 4 atom stereocenters. The second kappa shape index (κ2) is 17.0. The third-order valence-corrected chi connectivity index (χ3v) is 11.4. The highest BCUT2D eigenvalue weighted by atomic mass is 16.5. The largest absolute Gasteiger partial charge is 0.493 e. The Bertz CT molecular complexity index is 2050. The lowest BCUT2D eigenvalue weighted by atomic mass is 9.96. The van der Waals surface area contributed by atoms with Gasteiger partial charge in [-0.15, -0.1) is 0 Å². The molecule has 57 heavy (non-hydrogen) atoms. The van der Waals surface area contributed by atoms with Gasteiger partial charge in [0.1, 0.15) is 5.82 Å². The van der Waals surface area contributed by atoms with Crippen LogP contribution in [0.15, 0.2) is 72.9 Å². The summed E-state index contributed by atoms with van der Waals surface area (Å²) in [6, 6.07) is 20.6. The molecule has 7 rings (SSSR count). The molecule has 14 heteroatoms. The number of rotatable bonds is 13. The summed E-state index contributed by atoms with van der Waals surface area (Å²) in [5.41, 5.74) is 10.0. The predicted octanol–water partition coefficient (Wildman–Crippen LogP) is 5.12. The van der Waals surface area contributed by atoms with Crippen LogP contribution in [0, 0.1) is 0 Å². The summed E-state index contributed by atoms with van der Waals surface area (Å²) in [6.45, 7) is 6.12. The van der Waals surface area contributed by atoms with Crippen LogP contribution >= 0.6 is 0 Å². The highest BCUT2D eigenvalue weighted by Crippen LogP contribution is 2.41. The molecule has 0 saturated carbocycles. The Kier molecular flexibility index (Phi) is 11.7. The van der Waals surface area contributed by atoms with Gasteiger partial charge >= 0.3 is 0 Å². The summed E-state index contributed by atoms with van der Waals surface area (Å²) in [5, 5.41) is 9.56. The number of hydrogen-bond donors (Lipinski definition) is 4. The Balaban J connectivity index is 0.960. The van der Waals surface area contributed by atoms with Gasteiger partial charge in [-0.2, -0.15) is 0 Å².